The number of sulfonamides is 1. The molecule has 0 aliphatic carbocycles. The number of nitrogens with zero attached hydrogens (tertiary/aromatic N) is 1. The highest BCUT2D eigenvalue weighted by atomic mass is 32.2. The Hall–Kier alpha value is -2.05. The van der Waals surface area contributed by atoms with E-state index in [1.807, 2.05) is 18.2 Å². The first-order chi connectivity index (χ1) is 12.6. The van der Waals surface area contributed by atoms with Crippen LogP contribution in [0.15, 0.2) is 53.4 Å². The second-order valence-corrected chi connectivity index (χ2v) is 8.39. The average molecular weight is 375 g/mol. The number of hydrogen-bond donors (Lipinski definition) is 0. The predicted octanol–water partition coefficient (Wildman–Crippen LogP) is 3.66. The third-order valence-corrected chi connectivity index (χ3v) is 6.78. The summed E-state index contributed by atoms with van der Waals surface area (Å²) in [6.07, 6.45) is 2.86. The third-order valence-electron chi connectivity index (χ3n) is 4.89. The molecule has 1 aliphatic heterocycles. The first-order valence-electron chi connectivity index (χ1n) is 8.83. The monoisotopic (exact) mass is 375 g/mol. The van der Waals surface area contributed by atoms with Crippen molar-refractivity contribution in [2.75, 3.05) is 27.3 Å². The number of methoxy groups -OCH3 is 2. The van der Waals surface area contributed by atoms with Crippen molar-refractivity contribution in [1.29, 1.82) is 0 Å². The molecule has 1 fully saturated rings. The van der Waals surface area contributed by atoms with Crippen molar-refractivity contribution in [3.8, 4) is 11.5 Å². The van der Waals surface area contributed by atoms with Gasteiger partial charge in [-0.2, -0.15) is 4.31 Å². The number of rotatable bonds is 5. The normalized spacial score (nSPS) is 18.9. The zero-order valence-corrected chi connectivity index (χ0v) is 16.0. The third kappa shape index (κ3) is 3.86. The SMILES string of the molecule is COc1ccc(OC)c(S(=O)(=O)N2CCCCC(c3ccccc3)C2)c1. The van der Waals surface area contributed by atoms with Gasteiger partial charge in [-0.1, -0.05) is 36.8 Å². The van der Waals surface area contributed by atoms with Gasteiger partial charge in [-0.25, -0.2) is 8.42 Å². The van der Waals surface area contributed by atoms with Crippen LogP contribution in [0.3, 0.4) is 0 Å². The second kappa shape index (κ2) is 8.10. The molecule has 2 aromatic carbocycles. The molecule has 6 heteroatoms. The molecule has 1 aliphatic rings. The van der Waals surface area contributed by atoms with Gasteiger partial charge in [0.1, 0.15) is 16.4 Å². The number of benzene rings is 2. The summed E-state index contributed by atoms with van der Waals surface area (Å²) in [6, 6.07) is 15.0. The zero-order chi connectivity index (χ0) is 18.6. The highest BCUT2D eigenvalue weighted by Gasteiger charge is 2.32. The molecule has 1 saturated heterocycles. The van der Waals surface area contributed by atoms with Crippen molar-refractivity contribution in [2.45, 2.75) is 30.1 Å². The minimum absolute atomic E-state index is 0.160. The van der Waals surface area contributed by atoms with Crippen molar-refractivity contribution < 1.29 is 17.9 Å². The van der Waals surface area contributed by atoms with Crippen LogP contribution in [0.5, 0.6) is 11.5 Å². The Morgan fingerprint density at radius 2 is 1.77 bits per heavy atom. The van der Waals surface area contributed by atoms with Crippen LogP contribution in [0.25, 0.3) is 0 Å². The minimum Gasteiger partial charge on any atom is -0.497 e. The molecule has 1 heterocycles. The van der Waals surface area contributed by atoms with Crippen molar-refractivity contribution >= 4 is 10.0 Å². The van der Waals surface area contributed by atoms with Gasteiger partial charge in [-0.05, 0) is 36.5 Å². The van der Waals surface area contributed by atoms with Gasteiger partial charge in [0.15, 0.2) is 0 Å². The number of ether oxygens (including phenoxy) is 2. The van der Waals surface area contributed by atoms with Crippen molar-refractivity contribution in [3.63, 3.8) is 0 Å². The summed E-state index contributed by atoms with van der Waals surface area (Å²) in [7, 11) is -0.668. The molecule has 0 saturated carbocycles. The molecule has 1 unspecified atom stereocenters. The van der Waals surface area contributed by atoms with Crippen LogP contribution in [-0.4, -0.2) is 40.0 Å². The van der Waals surface area contributed by atoms with Crippen LogP contribution in [-0.2, 0) is 10.0 Å². The van der Waals surface area contributed by atoms with E-state index in [9.17, 15) is 8.42 Å². The summed E-state index contributed by atoms with van der Waals surface area (Å²) in [5, 5.41) is 0. The van der Waals surface area contributed by atoms with E-state index in [0.29, 0.717) is 24.6 Å². The quantitative estimate of drug-likeness (QED) is 0.800. The van der Waals surface area contributed by atoms with Crippen molar-refractivity contribution in [1.82, 2.24) is 4.31 Å². The van der Waals surface area contributed by atoms with Gasteiger partial charge in [0.2, 0.25) is 10.0 Å². The molecule has 0 aromatic heterocycles. The molecule has 5 nitrogen and oxygen atoms in total. The Bertz CT molecular complexity index is 836. The lowest BCUT2D eigenvalue weighted by Gasteiger charge is -2.25. The van der Waals surface area contributed by atoms with Crippen molar-refractivity contribution in [3.05, 3.63) is 54.1 Å². The maximum Gasteiger partial charge on any atom is 0.246 e. The molecule has 0 amide bonds. The average Bonchev–Trinajstić information content (AvgIpc) is 2.95. The lowest BCUT2D eigenvalue weighted by atomic mass is 9.95. The summed E-state index contributed by atoms with van der Waals surface area (Å²) < 4.78 is 38.8. The molecule has 0 bridgehead atoms. The van der Waals surface area contributed by atoms with Gasteiger partial charge in [0.05, 0.1) is 14.2 Å². The zero-order valence-electron chi connectivity index (χ0n) is 15.2. The van der Waals surface area contributed by atoms with Crippen LogP contribution < -0.4 is 9.47 Å². The second-order valence-electron chi connectivity index (χ2n) is 6.48. The van der Waals surface area contributed by atoms with Gasteiger partial charge in [0.25, 0.3) is 0 Å². The molecule has 0 radical (unpaired) electrons. The first-order valence-corrected chi connectivity index (χ1v) is 10.3. The molecule has 2 aromatic rings. The fourth-order valence-corrected chi connectivity index (χ4v) is 5.14. The summed E-state index contributed by atoms with van der Waals surface area (Å²) in [5.74, 6) is 1.04. The van der Waals surface area contributed by atoms with Crippen LogP contribution in [0.4, 0.5) is 0 Å². The standard InChI is InChI=1S/C20H25NO4S/c1-24-18-11-12-19(25-2)20(14-18)26(22,23)21-13-7-6-10-17(15-21)16-8-4-3-5-9-16/h3-5,8-9,11-12,14,17H,6-7,10,13,15H2,1-2H3. The van der Waals surface area contributed by atoms with Gasteiger partial charge in [0, 0.05) is 19.2 Å². The van der Waals surface area contributed by atoms with Gasteiger partial charge in [-0.15, -0.1) is 0 Å². The molecule has 3 rings (SSSR count). The fraction of sp³-hybridized carbons (Fsp3) is 0.400. The van der Waals surface area contributed by atoms with E-state index in [1.165, 1.54) is 25.8 Å². The summed E-state index contributed by atoms with van der Waals surface area (Å²) in [6.45, 7) is 0.999. The van der Waals surface area contributed by atoms with E-state index in [2.05, 4.69) is 12.1 Å². The van der Waals surface area contributed by atoms with Gasteiger partial charge >= 0.3 is 0 Å². The highest BCUT2D eigenvalue weighted by molar-refractivity contribution is 7.89. The van der Waals surface area contributed by atoms with E-state index < -0.39 is 10.0 Å². The van der Waals surface area contributed by atoms with E-state index >= 15 is 0 Å². The molecule has 0 spiro atoms. The van der Waals surface area contributed by atoms with Crippen LogP contribution >= 0.6 is 0 Å². The lowest BCUT2D eigenvalue weighted by Crippen LogP contribution is -2.34. The van der Waals surface area contributed by atoms with Crippen LogP contribution in [0, 0.1) is 0 Å². The van der Waals surface area contributed by atoms with E-state index in [0.717, 1.165) is 19.3 Å². The molecular formula is C20H25NO4S. The topological polar surface area (TPSA) is 55.8 Å². The fourth-order valence-electron chi connectivity index (χ4n) is 3.45. The Labute approximate surface area is 155 Å². The largest absolute Gasteiger partial charge is 0.497 e. The first kappa shape index (κ1) is 18.7. The Kier molecular flexibility index (Phi) is 5.84. The van der Waals surface area contributed by atoms with Gasteiger partial charge < -0.3 is 9.47 Å². The Balaban J connectivity index is 1.95. The van der Waals surface area contributed by atoms with E-state index in [1.54, 1.807) is 16.4 Å². The lowest BCUT2D eigenvalue weighted by molar-refractivity contribution is 0.380. The molecular weight excluding hydrogens is 350 g/mol. The number of hydrogen-bond acceptors (Lipinski definition) is 4. The predicted molar refractivity (Wildman–Crippen MR) is 101 cm³/mol. The smallest absolute Gasteiger partial charge is 0.246 e. The van der Waals surface area contributed by atoms with Crippen molar-refractivity contribution in [2.24, 2.45) is 0 Å². The van der Waals surface area contributed by atoms with Gasteiger partial charge in [-0.3, -0.25) is 0 Å². The van der Waals surface area contributed by atoms with E-state index in [4.69, 9.17) is 9.47 Å². The van der Waals surface area contributed by atoms with Crippen LogP contribution in [0.1, 0.15) is 30.7 Å². The van der Waals surface area contributed by atoms with E-state index in [-0.39, 0.29) is 10.8 Å². The molecule has 0 N–H and O–H groups in total. The molecule has 1 atom stereocenters. The minimum atomic E-state index is -3.67. The summed E-state index contributed by atoms with van der Waals surface area (Å²) >= 11 is 0. The Morgan fingerprint density at radius 3 is 2.46 bits per heavy atom. The molecule has 140 valence electrons. The highest BCUT2D eigenvalue weighted by Crippen LogP contribution is 2.34. The maximum atomic E-state index is 13.4. The maximum absolute atomic E-state index is 13.4. The summed E-state index contributed by atoms with van der Waals surface area (Å²) in [5.41, 5.74) is 1.19. The summed E-state index contributed by atoms with van der Waals surface area (Å²) in [4.78, 5) is 0.160. The molecule has 26 heavy (non-hydrogen) atoms. The van der Waals surface area contributed by atoms with Crippen LogP contribution in [0.2, 0.25) is 0 Å². The Morgan fingerprint density at radius 1 is 1.00 bits per heavy atom.